The minimum atomic E-state index is -0.292. The first-order valence-corrected chi connectivity index (χ1v) is 7.22. The van der Waals surface area contributed by atoms with Gasteiger partial charge in [0.15, 0.2) is 6.29 Å². The number of rotatable bonds is 3. The highest BCUT2D eigenvalue weighted by atomic mass is 127. The number of benzene rings is 1. The van der Waals surface area contributed by atoms with Gasteiger partial charge in [0.05, 0.1) is 5.60 Å². The molecule has 0 aromatic heterocycles. The molecule has 0 amide bonds. The van der Waals surface area contributed by atoms with E-state index in [0.717, 1.165) is 19.4 Å². The summed E-state index contributed by atoms with van der Waals surface area (Å²) >= 11 is 2.36. The third kappa shape index (κ3) is 3.42. The van der Waals surface area contributed by atoms with Crippen LogP contribution < -0.4 is 0 Å². The van der Waals surface area contributed by atoms with Crippen LogP contribution >= 0.6 is 22.6 Å². The van der Waals surface area contributed by atoms with Crippen molar-refractivity contribution in [3.05, 3.63) is 33.4 Å². The minimum Gasteiger partial charge on any atom is -0.353 e. The average molecular weight is 346 g/mol. The van der Waals surface area contributed by atoms with Gasteiger partial charge in [-0.05, 0) is 67.3 Å². The van der Waals surface area contributed by atoms with Crippen LogP contribution in [-0.2, 0) is 15.1 Å². The van der Waals surface area contributed by atoms with Crippen molar-refractivity contribution in [3.8, 4) is 0 Å². The Morgan fingerprint density at radius 1 is 1.29 bits per heavy atom. The van der Waals surface area contributed by atoms with Crippen LogP contribution in [0.4, 0.5) is 0 Å². The molecule has 2 nitrogen and oxygen atoms in total. The zero-order valence-corrected chi connectivity index (χ0v) is 12.6. The van der Waals surface area contributed by atoms with Gasteiger partial charge < -0.3 is 9.47 Å². The molecule has 0 aliphatic carbocycles. The lowest BCUT2D eigenvalue weighted by Crippen LogP contribution is -2.32. The van der Waals surface area contributed by atoms with Crippen LogP contribution in [0.5, 0.6) is 0 Å². The minimum absolute atomic E-state index is 0.0465. The second-order valence-electron chi connectivity index (χ2n) is 4.90. The monoisotopic (exact) mass is 346 g/mol. The Balaban J connectivity index is 2.10. The third-order valence-corrected chi connectivity index (χ3v) is 4.03. The molecule has 1 atom stereocenters. The Bertz CT molecular complexity index is 370. The predicted molar refractivity (Wildman–Crippen MR) is 76.9 cm³/mol. The van der Waals surface area contributed by atoms with E-state index in [9.17, 15) is 0 Å². The van der Waals surface area contributed by atoms with Crippen molar-refractivity contribution in [1.29, 1.82) is 0 Å². The summed E-state index contributed by atoms with van der Waals surface area (Å²) in [7, 11) is 0. The Morgan fingerprint density at radius 3 is 2.71 bits per heavy atom. The molecule has 1 unspecified atom stereocenters. The van der Waals surface area contributed by atoms with E-state index < -0.39 is 0 Å². The molecule has 3 heteroatoms. The molecule has 0 bridgehead atoms. The maximum Gasteiger partial charge on any atom is 0.158 e. The predicted octanol–water partition coefficient (Wildman–Crippen LogP) is 4.07. The van der Waals surface area contributed by atoms with E-state index in [2.05, 4.69) is 60.7 Å². The lowest BCUT2D eigenvalue weighted by atomic mass is 9.98. The van der Waals surface area contributed by atoms with Gasteiger partial charge in [0, 0.05) is 10.2 Å². The number of ether oxygens (including phenoxy) is 2. The lowest BCUT2D eigenvalue weighted by molar-refractivity contribution is -0.219. The fourth-order valence-corrected chi connectivity index (χ4v) is 3.18. The first kappa shape index (κ1) is 13.3. The summed E-state index contributed by atoms with van der Waals surface area (Å²) < 4.78 is 13.0. The molecule has 1 aromatic rings. The molecule has 0 spiro atoms. The van der Waals surface area contributed by atoms with E-state index in [1.165, 1.54) is 15.6 Å². The largest absolute Gasteiger partial charge is 0.353 e. The highest BCUT2D eigenvalue weighted by Gasteiger charge is 2.28. The molecule has 1 heterocycles. The van der Waals surface area contributed by atoms with E-state index in [1.807, 2.05) is 0 Å². The van der Waals surface area contributed by atoms with E-state index >= 15 is 0 Å². The van der Waals surface area contributed by atoms with Gasteiger partial charge in [0.25, 0.3) is 0 Å². The molecule has 1 saturated heterocycles. The van der Waals surface area contributed by atoms with Crippen LogP contribution in [0.15, 0.2) is 24.3 Å². The van der Waals surface area contributed by atoms with Crippen LogP contribution in [0.25, 0.3) is 0 Å². The van der Waals surface area contributed by atoms with Crippen molar-refractivity contribution in [3.63, 3.8) is 0 Å². The van der Waals surface area contributed by atoms with E-state index in [4.69, 9.17) is 9.47 Å². The molecule has 0 radical (unpaired) electrons. The van der Waals surface area contributed by atoms with Gasteiger partial charge in [-0.25, -0.2) is 0 Å². The maximum absolute atomic E-state index is 6.12. The molecular formula is C14H19IO2. The van der Waals surface area contributed by atoms with Gasteiger partial charge in [0.1, 0.15) is 0 Å². The smallest absolute Gasteiger partial charge is 0.158 e. The molecule has 0 N–H and O–H groups in total. The fourth-order valence-electron chi connectivity index (χ4n) is 2.15. The summed E-state index contributed by atoms with van der Waals surface area (Å²) in [6.45, 7) is 5.05. The highest BCUT2D eigenvalue weighted by Crippen LogP contribution is 2.31. The fraction of sp³-hybridized carbons (Fsp3) is 0.571. The van der Waals surface area contributed by atoms with E-state index in [1.54, 1.807) is 0 Å². The quantitative estimate of drug-likeness (QED) is 0.769. The summed E-state index contributed by atoms with van der Waals surface area (Å²) in [6.07, 6.45) is 3.32. The molecule has 2 rings (SSSR count). The molecule has 0 saturated carbocycles. The second kappa shape index (κ2) is 5.67. The van der Waals surface area contributed by atoms with Crippen LogP contribution in [-0.4, -0.2) is 12.9 Å². The summed E-state index contributed by atoms with van der Waals surface area (Å²) in [5, 5.41) is 0. The molecule has 1 aliphatic heterocycles. The molecule has 1 aliphatic rings. The first-order chi connectivity index (χ1) is 8.09. The van der Waals surface area contributed by atoms with Gasteiger partial charge >= 0.3 is 0 Å². The van der Waals surface area contributed by atoms with Crippen LogP contribution in [0.3, 0.4) is 0 Å². The van der Waals surface area contributed by atoms with E-state index in [-0.39, 0.29) is 11.9 Å². The maximum atomic E-state index is 6.12. The number of halogens is 1. The number of hydrogen-bond donors (Lipinski definition) is 0. The van der Waals surface area contributed by atoms with Crippen molar-refractivity contribution in [2.24, 2.45) is 0 Å². The number of hydrogen-bond acceptors (Lipinski definition) is 2. The van der Waals surface area contributed by atoms with Gasteiger partial charge in [-0.3, -0.25) is 0 Å². The zero-order chi connectivity index (χ0) is 12.3. The van der Waals surface area contributed by atoms with Gasteiger partial charge in [0.2, 0.25) is 0 Å². The van der Waals surface area contributed by atoms with Crippen LogP contribution in [0.2, 0.25) is 0 Å². The zero-order valence-electron chi connectivity index (χ0n) is 10.4. The Labute approximate surface area is 117 Å². The first-order valence-electron chi connectivity index (χ1n) is 6.14. The second-order valence-corrected chi connectivity index (χ2v) is 6.07. The van der Waals surface area contributed by atoms with Crippen molar-refractivity contribution >= 4 is 22.6 Å². The van der Waals surface area contributed by atoms with Crippen molar-refractivity contribution in [1.82, 2.24) is 0 Å². The topological polar surface area (TPSA) is 18.5 Å². The van der Waals surface area contributed by atoms with Crippen LogP contribution in [0.1, 0.15) is 38.7 Å². The lowest BCUT2D eigenvalue weighted by Gasteiger charge is -2.33. The molecule has 94 valence electrons. The standard InChI is InChI=1S/C14H19IO2/c1-14(2,11-7-3-4-8-12(11)15)17-13-9-5-6-10-16-13/h3-4,7-8,13H,5-6,9-10H2,1-2H3. The highest BCUT2D eigenvalue weighted by molar-refractivity contribution is 14.1. The summed E-state index contributed by atoms with van der Waals surface area (Å²) in [5.41, 5.74) is 0.939. The van der Waals surface area contributed by atoms with Crippen molar-refractivity contribution in [2.75, 3.05) is 6.61 Å². The van der Waals surface area contributed by atoms with Crippen molar-refractivity contribution < 1.29 is 9.47 Å². The molecule has 17 heavy (non-hydrogen) atoms. The average Bonchev–Trinajstić information content (AvgIpc) is 2.30. The SMILES string of the molecule is CC(C)(OC1CCCCO1)c1ccccc1I. The normalized spacial score (nSPS) is 21.5. The summed E-state index contributed by atoms with van der Waals surface area (Å²) in [5.74, 6) is 0. The molecular weight excluding hydrogens is 327 g/mol. The molecule has 1 fully saturated rings. The van der Waals surface area contributed by atoms with Crippen LogP contribution in [0, 0.1) is 3.57 Å². The molecule has 1 aromatic carbocycles. The van der Waals surface area contributed by atoms with E-state index in [0.29, 0.717) is 0 Å². The Kier molecular flexibility index (Phi) is 4.44. The third-order valence-electron chi connectivity index (χ3n) is 3.09. The summed E-state index contributed by atoms with van der Waals surface area (Å²) in [6, 6.07) is 8.36. The van der Waals surface area contributed by atoms with Crippen molar-refractivity contribution in [2.45, 2.75) is 45.0 Å². The van der Waals surface area contributed by atoms with Gasteiger partial charge in [-0.1, -0.05) is 18.2 Å². The Morgan fingerprint density at radius 2 is 2.06 bits per heavy atom. The van der Waals surface area contributed by atoms with Gasteiger partial charge in [-0.2, -0.15) is 0 Å². The van der Waals surface area contributed by atoms with Gasteiger partial charge in [-0.15, -0.1) is 0 Å². The Hall–Kier alpha value is -0.130. The summed E-state index contributed by atoms with van der Waals surface area (Å²) in [4.78, 5) is 0.